The summed E-state index contributed by atoms with van der Waals surface area (Å²) >= 11 is 0. The summed E-state index contributed by atoms with van der Waals surface area (Å²) in [6.45, 7) is 5.21. The highest BCUT2D eigenvalue weighted by atomic mass is 16.2. The molecule has 0 aliphatic rings. The van der Waals surface area contributed by atoms with Crippen LogP contribution in [-0.4, -0.2) is 38.1 Å². The second-order valence-electron chi connectivity index (χ2n) is 6.70. The summed E-state index contributed by atoms with van der Waals surface area (Å²) in [5, 5.41) is 8.41. The highest BCUT2D eigenvalue weighted by molar-refractivity contribution is 5.96. The average molecular weight is 368 g/mol. The Labute approximate surface area is 161 Å². The Bertz CT molecular complexity index is 747. The van der Waals surface area contributed by atoms with E-state index in [2.05, 4.69) is 33.0 Å². The van der Waals surface area contributed by atoms with Crippen molar-refractivity contribution >= 4 is 23.3 Å². The fourth-order valence-corrected chi connectivity index (χ4v) is 2.60. The van der Waals surface area contributed by atoms with Gasteiger partial charge in [0.05, 0.1) is 0 Å². The summed E-state index contributed by atoms with van der Waals surface area (Å²) in [5.41, 5.74) is 2.26. The molecule has 0 fully saturated rings. The van der Waals surface area contributed by atoms with Crippen LogP contribution in [0.5, 0.6) is 0 Å². The zero-order valence-corrected chi connectivity index (χ0v) is 16.2. The number of carbonyl (C=O) groups is 2. The molecule has 0 bridgehead atoms. The number of para-hydroxylation sites is 1. The molecule has 0 aliphatic heterocycles. The monoisotopic (exact) mass is 368 g/mol. The van der Waals surface area contributed by atoms with E-state index in [1.807, 2.05) is 39.1 Å². The molecule has 0 unspecified atom stereocenters. The lowest BCUT2D eigenvalue weighted by Gasteiger charge is -2.19. The highest BCUT2D eigenvalue weighted by Crippen LogP contribution is 2.12. The first kappa shape index (κ1) is 20.3. The minimum atomic E-state index is -0.286. The maximum absolute atomic E-state index is 12.3. The van der Waals surface area contributed by atoms with E-state index < -0.39 is 0 Å². The lowest BCUT2D eigenvalue weighted by Crippen LogP contribution is -2.34. The van der Waals surface area contributed by atoms with Gasteiger partial charge in [0.25, 0.3) is 5.91 Å². The summed E-state index contributed by atoms with van der Waals surface area (Å²) < 4.78 is 0. The third-order valence-electron chi connectivity index (χ3n) is 3.96. The molecule has 3 amide bonds. The zero-order valence-electron chi connectivity index (χ0n) is 16.2. The lowest BCUT2D eigenvalue weighted by atomic mass is 10.2. The van der Waals surface area contributed by atoms with Gasteiger partial charge in [-0.3, -0.25) is 4.79 Å². The van der Waals surface area contributed by atoms with Crippen LogP contribution in [-0.2, 0) is 0 Å². The van der Waals surface area contributed by atoms with Crippen LogP contribution in [0.4, 0.5) is 16.2 Å². The molecule has 0 heterocycles. The van der Waals surface area contributed by atoms with Crippen LogP contribution in [0.15, 0.2) is 54.6 Å². The topological polar surface area (TPSA) is 73.5 Å². The van der Waals surface area contributed by atoms with E-state index in [0.717, 1.165) is 18.7 Å². The van der Waals surface area contributed by atoms with Gasteiger partial charge in [-0.25, -0.2) is 4.79 Å². The Balaban J connectivity index is 1.78. The molecule has 6 nitrogen and oxygen atoms in total. The van der Waals surface area contributed by atoms with E-state index in [9.17, 15) is 9.59 Å². The van der Waals surface area contributed by atoms with Crippen LogP contribution in [0.2, 0.25) is 0 Å². The molecule has 0 aromatic heterocycles. The van der Waals surface area contributed by atoms with E-state index >= 15 is 0 Å². The summed E-state index contributed by atoms with van der Waals surface area (Å²) in [6.07, 6.45) is 0.839. The van der Waals surface area contributed by atoms with E-state index in [4.69, 9.17) is 0 Å². The number of nitrogens with one attached hydrogen (secondary N) is 3. The van der Waals surface area contributed by atoms with Gasteiger partial charge in [-0.1, -0.05) is 24.3 Å². The van der Waals surface area contributed by atoms with Crippen molar-refractivity contribution in [3.8, 4) is 0 Å². The smallest absolute Gasteiger partial charge is 0.319 e. The van der Waals surface area contributed by atoms with E-state index in [1.54, 1.807) is 24.3 Å². The second kappa shape index (κ2) is 10.2. The SMILES string of the molecule is CC(C)NC(=O)Nc1cccc(C(=O)NCCCN(C)c2ccccc2)c1. The average Bonchev–Trinajstić information content (AvgIpc) is 2.65. The number of urea groups is 1. The standard InChI is InChI=1S/C21H28N4O2/c1-16(2)23-21(27)24-18-10-7-9-17(15-18)20(26)22-13-8-14-25(3)19-11-5-4-6-12-19/h4-7,9-12,15-16H,8,13-14H2,1-3H3,(H,22,26)(H2,23,24,27). The maximum Gasteiger partial charge on any atom is 0.319 e. The number of benzene rings is 2. The first-order chi connectivity index (χ1) is 13.0. The zero-order chi connectivity index (χ0) is 19.6. The second-order valence-corrected chi connectivity index (χ2v) is 6.70. The van der Waals surface area contributed by atoms with Gasteiger partial charge in [-0.2, -0.15) is 0 Å². The number of nitrogens with zero attached hydrogens (tertiary/aromatic N) is 1. The first-order valence-corrected chi connectivity index (χ1v) is 9.17. The molecule has 2 aromatic carbocycles. The molecule has 27 heavy (non-hydrogen) atoms. The van der Waals surface area contributed by atoms with Crippen LogP contribution in [0, 0.1) is 0 Å². The molecular weight excluding hydrogens is 340 g/mol. The van der Waals surface area contributed by atoms with Crippen molar-refractivity contribution < 1.29 is 9.59 Å². The molecule has 0 aliphatic carbocycles. The molecule has 3 N–H and O–H groups in total. The van der Waals surface area contributed by atoms with E-state index in [-0.39, 0.29) is 18.0 Å². The van der Waals surface area contributed by atoms with Gasteiger partial charge in [0.15, 0.2) is 0 Å². The number of hydrogen-bond donors (Lipinski definition) is 3. The lowest BCUT2D eigenvalue weighted by molar-refractivity contribution is 0.0953. The molecule has 0 spiro atoms. The Morgan fingerprint density at radius 3 is 2.48 bits per heavy atom. The maximum atomic E-state index is 12.3. The van der Waals surface area contributed by atoms with Crippen molar-refractivity contribution in [2.24, 2.45) is 0 Å². The van der Waals surface area contributed by atoms with Crippen molar-refractivity contribution in [3.63, 3.8) is 0 Å². The largest absolute Gasteiger partial charge is 0.375 e. The summed E-state index contributed by atoms with van der Waals surface area (Å²) in [7, 11) is 2.04. The minimum Gasteiger partial charge on any atom is -0.375 e. The molecule has 6 heteroatoms. The van der Waals surface area contributed by atoms with E-state index in [0.29, 0.717) is 17.8 Å². The molecule has 2 aromatic rings. The Morgan fingerprint density at radius 2 is 1.78 bits per heavy atom. The number of carbonyl (C=O) groups excluding carboxylic acids is 2. The summed E-state index contributed by atoms with van der Waals surface area (Å²) in [6, 6.07) is 16.8. The van der Waals surface area contributed by atoms with Crippen molar-refractivity contribution in [3.05, 3.63) is 60.2 Å². The molecule has 0 radical (unpaired) electrons. The van der Waals surface area contributed by atoms with Crippen LogP contribution < -0.4 is 20.9 Å². The highest BCUT2D eigenvalue weighted by Gasteiger charge is 2.08. The fourth-order valence-electron chi connectivity index (χ4n) is 2.60. The normalized spacial score (nSPS) is 10.4. The van der Waals surface area contributed by atoms with Gasteiger partial charge in [0.1, 0.15) is 0 Å². The number of amides is 3. The third-order valence-corrected chi connectivity index (χ3v) is 3.96. The van der Waals surface area contributed by atoms with Gasteiger partial charge in [0.2, 0.25) is 0 Å². The van der Waals surface area contributed by atoms with Crippen molar-refractivity contribution in [2.75, 3.05) is 30.4 Å². The quantitative estimate of drug-likeness (QED) is 0.625. The first-order valence-electron chi connectivity index (χ1n) is 9.17. The number of hydrogen-bond acceptors (Lipinski definition) is 3. The number of rotatable bonds is 8. The molecule has 2 rings (SSSR count). The Kier molecular flexibility index (Phi) is 7.67. The Hall–Kier alpha value is -3.02. The van der Waals surface area contributed by atoms with Crippen LogP contribution in [0.25, 0.3) is 0 Å². The van der Waals surface area contributed by atoms with Crippen molar-refractivity contribution in [1.82, 2.24) is 10.6 Å². The van der Waals surface area contributed by atoms with Crippen molar-refractivity contribution in [1.29, 1.82) is 0 Å². The molecule has 0 atom stereocenters. The molecule has 0 saturated heterocycles. The minimum absolute atomic E-state index is 0.0468. The summed E-state index contributed by atoms with van der Waals surface area (Å²) in [4.78, 5) is 26.2. The van der Waals surface area contributed by atoms with Gasteiger partial charge in [-0.05, 0) is 50.6 Å². The van der Waals surface area contributed by atoms with Gasteiger partial charge < -0.3 is 20.9 Å². The number of anilines is 2. The van der Waals surface area contributed by atoms with Gasteiger partial charge in [0, 0.05) is 43.1 Å². The van der Waals surface area contributed by atoms with Gasteiger partial charge >= 0.3 is 6.03 Å². The molecule has 0 saturated carbocycles. The van der Waals surface area contributed by atoms with Gasteiger partial charge in [-0.15, -0.1) is 0 Å². The van der Waals surface area contributed by atoms with Crippen LogP contribution in [0.1, 0.15) is 30.6 Å². The predicted octanol–water partition coefficient (Wildman–Crippen LogP) is 3.47. The van der Waals surface area contributed by atoms with E-state index in [1.165, 1.54) is 0 Å². The molecular formula is C21H28N4O2. The van der Waals surface area contributed by atoms with Crippen LogP contribution >= 0.6 is 0 Å². The van der Waals surface area contributed by atoms with Crippen LogP contribution in [0.3, 0.4) is 0 Å². The fraction of sp³-hybridized carbons (Fsp3) is 0.333. The Morgan fingerprint density at radius 1 is 1.04 bits per heavy atom. The predicted molar refractivity (Wildman–Crippen MR) is 110 cm³/mol. The van der Waals surface area contributed by atoms with Crippen molar-refractivity contribution in [2.45, 2.75) is 26.3 Å². The third kappa shape index (κ3) is 7.01. The summed E-state index contributed by atoms with van der Waals surface area (Å²) in [5.74, 6) is -0.148. The molecule has 144 valence electrons.